The summed E-state index contributed by atoms with van der Waals surface area (Å²) in [5, 5.41) is 18.3. The molecule has 0 spiro atoms. The highest BCUT2D eigenvalue weighted by Gasteiger charge is 2.14. The molecule has 2 N–H and O–H groups in total. The van der Waals surface area contributed by atoms with Gasteiger partial charge >= 0.3 is 5.97 Å². The summed E-state index contributed by atoms with van der Waals surface area (Å²) in [7, 11) is 0. The van der Waals surface area contributed by atoms with Crippen molar-refractivity contribution < 1.29 is 15.0 Å². The second-order valence-corrected chi connectivity index (χ2v) is 5.23. The third-order valence-corrected chi connectivity index (χ3v) is 3.39. The molecule has 3 nitrogen and oxygen atoms in total. The second-order valence-electron chi connectivity index (χ2n) is 3.92. The van der Waals surface area contributed by atoms with Gasteiger partial charge in [0.05, 0.1) is 6.61 Å². The number of aliphatic hydroxyl groups is 1. The van der Waals surface area contributed by atoms with Crippen molar-refractivity contribution >= 4 is 23.3 Å². The summed E-state index contributed by atoms with van der Waals surface area (Å²) in [5.41, 5.74) is 2.23. The maximum absolute atomic E-state index is 11.2. The summed E-state index contributed by atoms with van der Waals surface area (Å²) in [4.78, 5) is 12.2. The molecule has 0 amide bonds. The van der Waals surface area contributed by atoms with Gasteiger partial charge in [-0.3, -0.25) is 0 Å². The number of hydrogen-bond acceptors (Lipinski definition) is 3. The third kappa shape index (κ3) is 3.75. The number of benzene rings is 1. The van der Waals surface area contributed by atoms with E-state index in [-0.39, 0.29) is 11.5 Å². The molecule has 0 atom stereocenters. The Morgan fingerprint density at radius 1 is 1.39 bits per heavy atom. The average Bonchev–Trinajstić information content (AvgIpc) is 2.34. The van der Waals surface area contributed by atoms with Gasteiger partial charge in [0.2, 0.25) is 0 Å². The summed E-state index contributed by atoms with van der Waals surface area (Å²) in [6.45, 7) is 7.18. The van der Waals surface area contributed by atoms with Crippen LogP contribution in [-0.4, -0.2) is 16.2 Å². The molecule has 18 heavy (non-hydrogen) atoms. The van der Waals surface area contributed by atoms with Gasteiger partial charge in [0.15, 0.2) is 0 Å². The van der Waals surface area contributed by atoms with Crippen molar-refractivity contribution in [2.45, 2.75) is 20.5 Å². The van der Waals surface area contributed by atoms with Gasteiger partial charge in [0.25, 0.3) is 0 Å². The molecular weight excluding hydrogens is 248 g/mol. The molecule has 0 radical (unpaired) electrons. The molecule has 0 aliphatic carbocycles. The number of aliphatic carboxylic acids is 1. The van der Waals surface area contributed by atoms with Crippen LogP contribution in [0.25, 0.3) is 5.57 Å². The van der Waals surface area contributed by atoms with Gasteiger partial charge in [-0.1, -0.05) is 36.5 Å². The third-order valence-electron chi connectivity index (χ3n) is 2.35. The molecule has 0 aliphatic rings. The number of carboxylic acids is 1. The summed E-state index contributed by atoms with van der Waals surface area (Å²) in [5.74, 6) is -0.963. The Balaban J connectivity index is 3.24. The Bertz CT molecular complexity index is 504. The molecule has 0 aromatic heterocycles. The van der Waals surface area contributed by atoms with Crippen LogP contribution >= 0.6 is 11.8 Å². The first-order valence-electron chi connectivity index (χ1n) is 5.43. The van der Waals surface area contributed by atoms with Gasteiger partial charge in [-0.05, 0) is 41.5 Å². The zero-order valence-corrected chi connectivity index (χ0v) is 11.3. The SMILES string of the molecule is C=C(C)S/C(C(=O)O)=C(\C)c1cccc(CO)c1. The first-order chi connectivity index (χ1) is 8.45. The smallest absolute Gasteiger partial charge is 0.342 e. The van der Waals surface area contributed by atoms with Crippen LogP contribution < -0.4 is 0 Å². The van der Waals surface area contributed by atoms with E-state index < -0.39 is 5.97 Å². The van der Waals surface area contributed by atoms with Gasteiger partial charge < -0.3 is 10.2 Å². The van der Waals surface area contributed by atoms with Crippen molar-refractivity contribution in [3.63, 3.8) is 0 Å². The molecule has 0 unspecified atom stereocenters. The Kier molecular flexibility index (Phi) is 5.19. The fourth-order valence-corrected chi connectivity index (χ4v) is 2.20. The molecule has 0 fully saturated rings. The number of rotatable bonds is 5. The molecule has 0 heterocycles. The van der Waals surface area contributed by atoms with E-state index in [1.807, 2.05) is 6.07 Å². The number of aliphatic hydroxyl groups excluding tert-OH is 1. The fraction of sp³-hybridized carbons (Fsp3) is 0.214. The summed E-state index contributed by atoms with van der Waals surface area (Å²) < 4.78 is 0. The van der Waals surface area contributed by atoms with Crippen LogP contribution in [0.2, 0.25) is 0 Å². The van der Waals surface area contributed by atoms with E-state index in [0.29, 0.717) is 5.57 Å². The molecule has 0 aliphatic heterocycles. The van der Waals surface area contributed by atoms with Crippen molar-refractivity contribution in [1.82, 2.24) is 0 Å². The number of thioether (sulfide) groups is 1. The normalized spacial score (nSPS) is 11.9. The monoisotopic (exact) mass is 264 g/mol. The van der Waals surface area contributed by atoms with Crippen molar-refractivity contribution in [3.8, 4) is 0 Å². The quantitative estimate of drug-likeness (QED) is 0.801. The van der Waals surface area contributed by atoms with Crippen LogP contribution in [-0.2, 0) is 11.4 Å². The molecule has 0 saturated carbocycles. The maximum atomic E-state index is 11.2. The lowest BCUT2D eigenvalue weighted by Gasteiger charge is -2.09. The Morgan fingerprint density at radius 3 is 2.56 bits per heavy atom. The molecular formula is C14H16O3S. The Labute approximate surface area is 111 Å². The van der Waals surface area contributed by atoms with E-state index in [2.05, 4.69) is 6.58 Å². The number of hydrogen-bond donors (Lipinski definition) is 2. The molecule has 0 bridgehead atoms. The van der Waals surface area contributed by atoms with Crippen LogP contribution in [0.5, 0.6) is 0 Å². The van der Waals surface area contributed by atoms with E-state index in [9.17, 15) is 9.90 Å². The van der Waals surface area contributed by atoms with E-state index >= 15 is 0 Å². The van der Waals surface area contributed by atoms with Gasteiger partial charge in [-0.25, -0.2) is 4.79 Å². The maximum Gasteiger partial charge on any atom is 0.342 e. The lowest BCUT2D eigenvalue weighted by atomic mass is 10.0. The van der Waals surface area contributed by atoms with Crippen LogP contribution in [0.3, 0.4) is 0 Å². The van der Waals surface area contributed by atoms with E-state index in [4.69, 9.17) is 5.11 Å². The zero-order valence-electron chi connectivity index (χ0n) is 10.4. The van der Waals surface area contributed by atoms with Crippen LogP contribution in [0.4, 0.5) is 0 Å². The van der Waals surface area contributed by atoms with Crippen molar-refractivity contribution in [2.75, 3.05) is 0 Å². The molecule has 0 saturated heterocycles. The lowest BCUT2D eigenvalue weighted by molar-refractivity contribution is -0.131. The number of allylic oxidation sites excluding steroid dienone is 2. The first-order valence-corrected chi connectivity index (χ1v) is 6.25. The summed E-state index contributed by atoms with van der Waals surface area (Å²) in [6.07, 6.45) is 0. The molecule has 1 aromatic carbocycles. The minimum Gasteiger partial charge on any atom is -0.477 e. The molecule has 1 aromatic rings. The van der Waals surface area contributed by atoms with Gasteiger partial charge in [-0.2, -0.15) is 0 Å². The fourth-order valence-electron chi connectivity index (χ4n) is 1.49. The highest BCUT2D eigenvalue weighted by molar-refractivity contribution is 8.07. The van der Waals surface area contributed by atoms with Gasteiger partial charge in [-0.15, -0.1) is 0 Å². The minimum atomic E-state index is -0.963. The zero-order chi connectivity index (χ0) is 13.7. The lowest BCUT2D eigenvalue weighted by Crippen LogP contribution is -2.00. The topological polar surface area (TPSA) is 57.5 Å². The van der Waals surface area contributed by atoms with E-state index in [0.717, 1.165) is 27.8 Å². The van der Waals surface area contributed by atoms with Crippen molar-refractivity contribution in [1.29, 1.82) is 0 Å². The Hall–Kier alpha value is -1.52. The highest BCUT2D eigenvalue weighted by Crippen LogP contribution is 2.31. The minimum absolute atomic E-state index is 0.0584. The summed E-state index contributed by atoms with van der Waals surface area (Å²) >= 11 is 1.15. The highest BCUT2D eigenvalue weighted by atomic mass is 32.2. The van der Waals surface area contributed by atoms with Crippen LogP contribution in [0, 0.1) is 0 Å². The van der Waals surface area contributed by atoms with E-state index in [1.54, 1.807) is 32.0 Å². The number of carbonyl (C=O) groups is 1. The van der Waals surface area contributed by atoms with Crippen molar-refractivity contribution in [3.05, 3.63) is 51.8 Å². The molecule has 4 heteroatoms. The average molecular weight is 264 g/mol. The van der Waals surface area contributed by atoms with Crippen molar-refractivity contribution in [2.24, 2.45) is 0 Å². The Morgan fingerprint density at radius 2 is 2.06 bits per heavy atom. The largest absolute Gasteiger partial charge is 0.477 e. The predicted molar refractivity (Wildman–Crippen MR) is 75.0 cm³/mol. The van der Waals surface area contributed by atoms with Gasteiger partial charge in [0, 0.05) is 0 Å². The molecule has 96 valence electrons. The first kappa shape index (κ1) is 14.5. The van der Waals surface area contributed by atoms with Gasteiger partial charge in [0.1, 0.15) is 4.91 Å². The van der Waals surface area contributed by atoms with Crippen LogP contribution in [0.15, 0.2) is 40.7 Å². The van der Waals surface area contributed by atoms with Crippen LogP contribution in [0.1, 0.15) is 25.0 Å². The standard InChI is InChI=1S/C14H16O3S/c1-9(2)18-13(14(16)17)10(3)12-6-4-5-11(7-12)8-15/h4-7,15H,1,8H2,2-3H3,(H,16,17)/b13-10+. The summed E-state index contributed by atoms with van der Waals surface area (Å²) in [6, 6.07) is 7.21. The predicted octanol–water partition coefficient (Wildman–Crippen LogP) is 3.26. The second kappa shape index (κ2) is 6.42. The number of carboxylic acid groups (broad SMARTS) is 1. The van der Waals surface area contributed by atoms with E-state index in [1.165, 1.54) is 0 Å². The molecule has 1 rings (SSSR count).